The van der Waals surface area contributed by atoms with Gasteiger partial charge in [0.25, 0.3) is 0 Å². The lowest BCUT2D eigenvalue weighted by Gasteiger charge is -2.47. The lowest BCUT2D eigenvalue weighted by Crippen LogP contribution is -2.61. The van der Waals surface area contributed by atoms with Gasteiger partial charge in [-0.2, -0.15) is 0 Å². The van der Waals surface area contributed by atoms with E-state index in [-0.39, 0.29) is 122 Å². The summed E-state index contributed by atoms with van der Waals surface area (Å²) in [5.41, 5.74) is 2.15. The summed E-state index contributed by atoms with van der Waals surface area (Å²) < 4.78 is 53.8. The molecule has 53 heavy (non-hydrogen) atoms. The highest BCUT2D eigenvalue weighted by molar-refractivity contribution is 5.79. The first kappa shape index (κ1) is 36.8. The smallest absolute Gasteiger partial charge is 0.229 e. The van der Waals surface area contributed by atoms with Gasteiger partial charge in [0.05, 0.1) is 54.9 Å². The van der Waals surface area contributed by atoms with Crippen LogP contribution in [0.4, 0.5) is 0 Å². The molecule has 1 N–H and O–H groups in total. The van der Waals surface area contributed by atoms with Crippen LogP contribution in [0.2, 0.25) is 0 Å². The SMILES string of the molecule is C=C1C[C@@H]2CC[C@@]34C[C@H]5O[C@H]6C(O3)[C@H]3O[C@H](CC[C@@H]3O[C@H]6[C@H]5O4)CC(=O)C[C@H]3C(C[C@H]4OC(CC[C@@H]1O2)C[C@@H](C)C4=C)O[C@H](CC(O)C[N+](=O)[O-])[C@@H]3C. The second kappa shape index (κ2) is 14.3. The Labute approximate surface area is 311 Å². The minimum Gasteiger partial charge on any atom is -0.386 e. The van der Waals surface area contributed by atoms with Crippen molar-refractivity contribution >= 4 is 5.78 Å². The maximum atomic E-state index is 14.0. The molecule has 10 fully saturated rings. The van der Waals surface area contributed by atoms with E-state index >= 15 is 0 Å². The van der Waals surface area contributed by atoms with Crippen molar-refractivity contribution in [2.24, 2.45) is 17.8 Å². The zero-order chi connectivity index (χ0) is 36.8. The molecular weight excluding hydrogens is 686 g/mol. The number of hydrogen-bond donors (Lipinski definition) is 1. The molecule has 19 atom stereocenters. The van der Waals surface area contributed by atoms with Gasteiger partial charge in [0.2, 0.25) is 6.54 Å². The molecular formula is C40H57NO12. The van der Waals surface area contributed by atoms with Gasteiger partial charge in [-0.3, -0.25) is 14.9 Å². The van der Waals surface area contributed by atoms with E-state index in [0.717, 1.165) is 49.7 Å². The molecule has 13 heteroatoms. The number of ether oxygens (including phenoxy) is 8. The van der Waals surface area contributed by atoms with Gasteiger partial charge in [-0.25, -0.2) is 0 Å². The Balaban J connectivity index is 0.979. The fraction of sp³-hybridized carbons (Fsp3) is 0.875. The number of aliphatic hydroxyl groups is 1. The predicted molar refractivity (Wildman–Crippen MR) is 187 cm³/mol. The van der Waals surface area contributed by atoms with Crippen LogP contribution in [0.5, 0.6) is 0 Å². The van der Waals surface area contributed by atoms with Gasteiger partial charge in [-0.1, -0.05) is 27.0 Å². The number of nitro groups is 1. The van der Waals surface area contributed by atoms with E-state index in [1.165, 1.54) is 0 Å². The van der Waals surface area contributed by atoms with Crippen molar-refractivity contribution in [1.82, 2.24) is 0 Å². The standard InChI is InChI=1S/C40H57NO12/c1-19-11-25-5-7-29-20(2)12-27(46-29)9-10-40-17-34-36(52-40)37-38(51-34)39(53-40)35-30(50-37)8-6-26(48-35)13-23(42)14-28-22(4)31(15-24(43)18-41(44)45)49-33(28)16-32(47-25)21(19)3/h19,22,24-39,43H,2-3,5-18H2,1,4H3/t19-,22-,24?,25?,26-,27+,28-,29+,30+,31-,32-,33?,34-,35+,36+,37+,38-,39?,40+/m1/s1. The van der Waals surface area contributed by atoms with E-state index in [1.54, 1.807) is 0 Å². The molecule has 0 saturated carbocycles. The summed E-state index contributed by atoms with van der Waals surface area (Å²) in [4.78, 5) is 24.7. The Bertz CT molecular complexity index is 1460. The highest BCUT2D eigenvalue weighted by Crippen LogP contribution is 2.54. The minimum absolute atomic E-state index is 0.0146. The summed E-state index contributed by atoms with van der Waals surface area (Å²) in [5.74, 6) is -0.710. The zero-order valence-electron chi connectivity index (χ0n) is 31.1. The van der Waals surface area contributed by atoms with Gasteiger partial charge in [0.15, 0.2) is 5.79 Å². The van der Waals surface area contributed by atoms with Gasteiger partial charge >= 0.3 is 0 Å². The van der Waals surface area contributed by atoms with E-state index < -0.39 is 29.5 Å². The Hall–Kier alpha value is -1.81. The second-order valence-corrected chi connectivity index (χ2v) is 17.9. The second-order valence-electron chi connectivity index (χ2n) is 17.9. The summed E-state index contributed by atoms with van der Waals surface area (Å²) in [6.45, 7) is 12.5. The van der Waals surface area contributed by atoms with Crippen molar-refractivity contribution in [1.29, 1.82) is 0 Å². The monoisotopic (exact) mass is 743 g/mol. The van der Waals surface area contributed by atoms with Crippen molar-refractivity contribution in [2.45, 2.75) is 195 Å². The largest absolute Gasteiger partial charge is 0.386 e. The van der Waals surface area contributed by atoms with Crippen LogP contribution < -0.4 is 0 Å². The number of carbonyl (C=O) groups is 1. The number of hydrogen-bond acceptors (Lipinski definition) is 12. The van der Waals surface area contributed by atoms with E-state index in [9.17, 15) is 20.0 Å². The van der Waals surface area contributed by atoms with Crippen LogP contribution in [0.3, 0.4) is 0 Å². The van der Waals surface area contributed by atoms with E-state index in [2.05, 4.69) is 20.1 Å². The lowest BCUT2D eigenvalue weighted by molar-refractivity contribution is -0.490. The number of carbonyl (C=O) groups excluding carboxylic acids is 1. The molecule has 294 valence electrons. The highest BCUT2D eigenvalue weighted by atomic mass is 16.8. The minimum atomic E-state index is -1.14. The third-order valence-electron chi connectivity index (χ3n) is 14.3. The number of fused-ring (bicyclic) bond motifs is 6. The average Bonchev–Trinajstić information content (AvgIpc) is 3.76. The number of aliphatic hydroxyl groups excluding tert-OH is 1. The van der Waals surface area contributed by atoms with E-state index in [0.29, 0.717) is 25.7 Å². The van der Waals surface area contributed by atoms with Crippen molar-refractivity contribution in [3.05, 3.63) is 34.4 Å². The van der Waals surface area contributed by atoms with Crippen LogP contribution in [0, 0.1) is 27.9 Å². The summed E-state index contributed by atoms with van der Waals surface area (Å²) >= 11 is 0. The van der Waals surface area contributed by atoms with Crippen LogP contribution in [0.15, 0.2) is 24.3 Å². The zero-order valence-corrected chi connectivity index (χ0v) is 31.1. The molecule has 0 aromatic heterocycles. The molecule has 10 aliphatic rings. The molecule has 10 saturated heterocycles. The van der Waals surface area contributed by atoms with Crippen molar-refractivity contribution < 1.29 is 52.7 Å². The maximum absolute atomic E-state index is 14.0. The van der Waals surface area contributed by atoms with Crippen molar-refractivity contribution in [2.75, 3.05) is 6.54 Å². The van der Waals surface area contributed by atoms with Gasteiger partial charge in [-0.05, 0) is 73.8 Å². The van der Waals surface area contributed by atoms with Crippen molar-refractivity contribution in [3.8, 4) is 0 Å². The van der Waals surface area contributed by atoms with E-state index in [4.69, 9.17) is 37.9 Å². The summed E-state index contributed by atoms with van der Waals surface area (Å²) in [7, 11) is 0. The normalized spacial score (nSPS) is 51.5. The molecule has 0 amide bonds. The van der Waals surface area contributed by atoms with Crippen LogP contribution in [-0.4, -0.2) is 120 Å². The lowest BCUT2D eigenvalue weighted by atomic mass is 9.78. The number of ketones is 1. The molecule has 0 aliphatic carbocycles. The summed E-state index contributed by atoms with van der Waals surface area (Å²) in [6, 6.07) is 0. The number of nitrogens with zero attached hydrogens (tertiary/aromatic N) is 1. The molecule has 12 bridgehead atoms. The summed E-state index contributed by atoms with van der Waals surface area (Å²) in [5, 5.41) is 21.7. The Kier molecular flexibility index (Phi) is 9.92. The number of rotatable bonds is 4. The third-order valence-corrected chi connectivity index (χ3v) is 14.3. The molecule has 1 spiro atoms. The molecule has 0 aromatic carbocycles. The molecule has 10 rings (SSSR count). The van der Waals surface area contributed by atoms with Gasteiger partial charge < -0.3 is 43.0 Å². The first-order valence-corrected chi connectivity index (χ1v) is 20.4. The first-order valence-electron chi connectivity index (χ1n) is 20.4. The maximum Gasteiger partial charge on any atom is 0.229 e. The average molecular weight is 744 g/mol. The molecule has 10 aliphatic heterocycles. The fourth-order valence-corrected chi connectivity index (χ4v) is 11.4. The number of Topliss-reactive ketones (excluding diaryl/α,β-unsaturated/α-hetero) is 1. The quantitative estimate of drug-likeness (QED) is 0.247. The van der Waals surface area contributed by atoms with Crippen molar-refractivity contribution in [3.63, 3.8) is 0 Å². The van der Waals surface area contributed by atoms with Crippen LogP contribution in [0.1, 0.15) is 97.3 Å². The van der Waals surface area contributed by atoms with Gasteiger partial charge in [0, 0.05) is 43.4 Å². The first-order chi connectivity index (χ1) is 25.4. The molecule has 4 unspecified atom stereocenters. The summed E-state index contributed by atoms with van der Waals surface area (Å²) in [6.07, 6.45) is 4.09. The molecule has 0 aromatic rings. The van der Waals surface area contributed by atoms with Crippen LogP contribution in [0.25, 0.3) is 0 Å². The van der Waals surface area contributed by atoms with Crippen LogP contribution >= 0.6 is 0 Å². The predicted octanol–water partition coefficient (Wildman–Crippen LogP) is 4.38. The molecule has 10 heterocycles. The Morgan fingerprint density at radius 3 is 2.36 bits per heavy atom. The van der Waals surface area contributed by atoms with E-state index in [1.807, 2.05) is 6.92 Å². The van der Waals surface area contributed by atoms with Gasteiger partial charge in [-0.15, -0.1) is 0 Å². The fourth-order valence-electron chi connectivity index (χ4n) is 11.4. The highest BCUT2D eigenvalue weighted by Gasteiger charge is 2.68. The third kappa shape index (κ3) is 6.98. The Morgan fingerprint density at radius 2 is 1.53 bits per heavy atom. The van der Waals surface area contributed by atoms with Crippen LogP contribution in [-0.2, 0) is 42.7 Å². The molecule has 0 radical (unpaired) electrons. The topological polar surface area (TPSA) is 154 Å². The van der Waals surface area contributed by atoms with Gasteiger partial charge in [0.1, 0.15) is 42.4 Å². The Morgan fingerprint density at radius 1 is 0.792 bits per heavy atom. The molecule has 13 nitrogen and oxygen atoms in total.